The van der Waals surface area contributed by atoms with Gasteiger partial charge in [-0.2, -0.15) is 0 Å². The molecule has 1 aromatic rings. The summed E-state index contributed by atoms with van der Waals surface area (Å²) in [6.45, 7) is 9.11. The highest BCUT2D eigenvalue weighted by atomic mass is 19.1. The molecule has 2 unspecified atom stereocenters. The molecule has 2 N–H and O–H groups in total. The normalized spacial score (nSPS) is 23.3. The Hall–Kier alpha value is -1.75. The Morgan fingerprint density at radius 1 is 1.40 bits per heavy atom. The summed E-state index contributed by atoms with van der Waals surface area (Å²) in [5.41, 5.74) is 7.66. The van der Waals surface area contributed by atoms with Crippen LogP contribution in [0.1, 0.15) is 20.3 Å². The first-order valence-electron chi connectivity index (χ1n) is 6.85. The van der Waals surface area contributed by atoms with Gasteiger partial charge in [-0.1, -0.05) is 6.92 Å². The molecule has 0 saturated carbocycles. The van der Waals surface area contributed by atoms with Crippen LogP contribution in [0.2, 0.25) is 0 Å². The molecule has 1 heterocycles. The van der Waals surface area contributed by atoms with E-state index in [1.54, 1.807) is 19.2 Å². The zero-order valence-corrected chi connectivity index (χ0v) is 12.0. The van der Waals surface area contributed by atoms with Gasteiger partial charge in [-0.3, -0.25) is 9.98 Å². The Morgan fingerprint density at radius 2 is 2.15 bits per heavy atom. The number of nitrogens with zero attached hydrogens (tertiary/aromatic N) is 3. The molecule has 1 aliphatic heterocycles. The van der Waals surface area contributed by atoms with E-state index in [0.29, 0.717) is 11.6 Å². The standard InChI is InChI=1S/C15H21FN4/c1-4-19-14-12(16)5-6-13(15(14)18-3)20-8-10(2)7-11(17)9-20/h4-6,10-11H,3,7-9,17H2,1-2H3/b19-4-. The van der Waals surface area contributed by atoms with Crippen LogP contribution in [0.4, 0.5) is 21.5 Å². The van der Waals surface area contributed by atoms with E-state index in [-0.39, 0.29) is 17.5 Å². The first kappa shape index (κ1) is 14.7. The maximum atomic E-state index is 13.9. The molecule has 20 heavy (non-hydrogen) atoms. The predicted molar refractivity (Wildman–Crippen MR) is 83.4 cm³/mol. The molecule has 0 amide bonds. The molecule has 2 rings (SSSR count). The topological polar surface area (TPSA) is 54.0 Å². The minimum atomic E-state index is -0.386. The summed E-state index contributed by atoms with van der Waals surface area (Å²) in [5, 5.41) is 0. The first-order valence-corrected chi connectivity index (χ1v) is 6.85. The highest BCUT2D eigenvalue weighted by molar-refractivity contribution is 5.82. The van der Waals surface area contributed by atoms with Gasteiger partial charge in [0, 0.05) is 25.3 Å². The fourth-order valence-electron chi connectivity index (χ4n) is 2.80. The SMILES string of the molecule is C=Nc1c(N2CC(C)CC(N)C2)ccc(F)c1/N=C\C. The predicted octanol–water partition coefficient (Wildman–Crippen LogP) is 3.05. The number of anilines is 1. The summed E-state index contributed by atoms with van der Waals surface area (Å²) in [7, 11) is 0. The third-order valence-electron chi connectivity index (χ3n) is 3.53. The Labute approximate surface area is 119 Å². The Balaban J connectivity index is 2.46. The number of halogens is 1. The average molecular weight is 276 g/mol. The van der Waals surface area contributed by atoms with Gasteiger partial charge in [-0.05, 0) is 38.1 Å². The van der Waals surface area contributed by atoms with E-state index in [4.69, 9.17) is 5.73 Å². The molecule has 5 heteroatoms. The van der Waals surface area contributed by atoms with E-state index >= 15 is 0 Å². The van der Waals surface area contributed by atoms with Crippen LogP contribution in [-0.4, -0.2) is 32.1 Å². The van der Waals surface area contributed by atoms with Crippen LogP contribution in [0.3, 0.4) is 0 Å². The van der Waals surface area contributed by atoms with Gasteiger partial charge >= 0.3 is 0 Å². The van der Waals surface area contributed by atoms with Gasteiger partial charge in [0.1, 0.15) is 11.4 Å². The molecule has 0 aromatic heterocycles. The third-order valence-corrected chi connectivity index (χ3v) is 3.53. The molecule has 1 aliphatic rings. The molecular weight excluding hydrogens is 255 g/mol. The van der Waals surface area contributed by atoms with Crippen LogP contribution in [0, 0.1) is 11.7 Å². The van der Waals surface area contributed by atoms with Gasteiger partial charge in [0.05, 0.1) is 5.69 Å². The molecule has 0 aliphatic carbocycles. The smallest absolute Gasteiger partial charge is 0.151 e. The first-order chi connectivity index (χ1) is 9.56. The highest BCUT2D eigenvalue weighted by Gasteiger charge is 2.25. The zero-order chi connectivity index (χ0) is 14.7. The van der Waals surface area contributed by atoms with E-state index in [1.165, 1.54) is 6.07 Å². The van der Waals surface area contributed by atoms with E-state index in [1.807, 2.05) is 0 Å². The monoisotopic (exact) mass is 276 g/mol. The molecule has 0 spiro atoms. The van der Waals surface area contributed by atoms with Crippen molar-refractivity contribution < 1.29 is 4.39 Å². The lowest BCUT2D eigenvalue weighted by Crippen LogP contribution is -2.46. The van der Waals surface area contributed by atoms with Crippen molar-refractivity contribution in [3.8, 4) is 0 Å². The van der Waals surface area contributed by atoms with E-state index < -0.39 is 0 Å². The van der Waals surface area contributed by atoms with Gasteiger partial charge < -0.3 is 10.6 Å². The second-order valence-corrected chi connectivity index (χ2v) is 5.32. The summed E-state index contributed by atoms with van der Waals surface area (Å²) in [5.74, 6) is 0.114. The number of piperidine rings is 1. The minimum Gasteiger partial charge on any atom is -0.368 e. The zero-order valence-electron chi connectivity index (χ0n) is 12.0. The van der Waals surface area contributed by atoms with Crippen molar-refractivity contribution in [3.05, 3.63) is 17.9 Å². The van der Waals surface area contributed by atoms with Gasteiger partial charge in [0.25, 0.3) is 0 Å². The Morgan fingerprint density at radius 3 is 2.75 bits per heavy atom. The summed E-state index contributed by atoms with van der Waals surface area (Å²) >= 11 is 0. The molecule has 2 atom stereocenters. The van der Waals surface area contributed by atoms with Crippen LogP contribution in [0.15, 0.2) is 22.1 Å². The third kappa shape index (κ3) is 2.88. The van der Waals surface area contributed by atoms with Crippen molar-refractivity contribution in [1.29, 1.82) is 0 Å². The molecule has 4 nitrogen and oxygen atoms in total. The maximum Gasteiger partial charge on any atom is 0.151 e. The second-order valence-electron chi connectivity index (χ2n) is 5.32. The van der Waals surface area contributed by atoms with Crippen molar-refractivity contribution in [1.82, 2.24) is 0 Å². The Kier molecular flexibility index (Phi) is 4.49. The summed E-state index contributed by atoms with van der Waals surface area (Å²) in [6, 6.07) is 3.29. The van der Waals surface area contributed by atoms with Crippen molar-refractivity contribution in [3.63, 3.8) is 0 Å². The second kappa shape index (κ2) is 6.13. The summed E-state index contributed by atoms with van der Waals surface area (Å²) < 4.78 is 13.9. The molecule has 1 fully saturated rings. The number of hydrogen-bond donors (Lipinski definition) is 1. The number of aliphatic imine (C=N–C) groups is 2. The summed E-state index contributed by atoms with van der Waals surface area (Å²) in [4.78, 5) is 10.2. The molecule has 1 saturated heterocycles. The Bertz CT molecular complexity index is 517. The maximum absolute atomic E-state index is 13.9. The van der Waals surface area contributed by atoms with Gasteiger partial charge in [-0.15, -0.1) is 0 Å². The molecular formula is C15H21FN4. The van der Waals surface area contributed by atoms with Crippen LogP contribution in [0.25, 0.3) is 0 Å². The van der Waals surface area contributed by atoms with Crippen molar-refractivity contribution in [2.45, 2.75) is 26.3 Å². The fourth-order valence-corrected chi connectivity index (χ4v) is 2.80. The van der Waals surface area contributed by atoms with Crippen molar-refractivity contribution in [2.75, 3.05) is 18.0 Å². The minimum absolute atomic E-state index is 0.125. The molecule has 0 bridgehead atoms. The van der Waals surface area contributed by atoms with Crippen molar-refractivity contribution >= 4 is 30.0 Å². The van der Waals surface area contributed by atoms with Crippen LogP contribution < -0.4 is 10.6 Å². The number of hydrogen-bond acceptors (Lipinski definition) is 4. The van der Waals surface area contributed by atoms with Gasteiger partial charge in [0.15, 0.2) is 5.82 Å². The molecule has 1 aromatic carbocycles. The summed E-state index contributed by atoms with van der Waals surface area (Å²) in [6.07, 6.45) is 2.57. The number of rotatable bonds is 3. The van der Waals surface area contributed by atoms with E-state index in [9.17, 15) is 4.39 Å². The van der Waals surface area contributed by atoms with Gasteiger partial charge in [0.2, 0.25) is 0 Å². The van der Waals surface area contributed by atoms with Crippen LogP contribution >= 0.6 is 0 Å². The average Bonchev–Trinajstić information content (AvgIpc) is 2.39. The van der Waals surface area contributed by atoms with E-state index in [2.05, 4.69) is 28.5 Å². The van der Waals surface area contributed by atoms with Gasteiger partial charge in [-0.25, -0.2) is 4.39 Å². The quantitative estimate of drug-likeness (QED) is 0.863. The number of benzene rings is 1. The molecule has 0 radical (unpaired) electrons. The lowest BCUT2D eigenvalue weighted by Gasteiger charge is -2.37. The molecule has 108 valence electrons. The van der Waals surface area contributed by atoms with E-state index in [0.717, 1.165) is 25.2 Å². The lowest BCUT2D eigenvalue weighted by molar-refractivity contribution is 0.402. The van der Waals surface area contributed by atoms with Crippen LogP contribution in [0.5, 0.6) is 0 Å². The fraction of sp³-hybridized carbons (Fsp3) is 0.467. The highest BCUT2D eigenvalue weighted by Crippen LogP contribution is 2.40. The lowest BCUT2D eigenvalue weighted by atomic mass is 9.96. The van der Waals surface area contributed by atoms with Crippen molar-refractivity contribution in [2.24, 2.45) is 21.6 Å². The number of nitrogens with two attached hydrogens (primary N) is 1. The van der Waals surface area contributed by atoms with Crippen LogP contribution in [-0.2, 0) is 0 Å². The largest absolute Gasteiger partial charge is 0.368 e.